The molecule has 2 rings (SSSR count). The molecule has 0 aliphatic heterocycles. The van der Waals surface area contributed by atoms with E-state index in [9.17, 15) is 21.6 Å². The standard InChI is InChI=1S/C14H10F3O2S/c15-14(16,17)12-7-4-8-13(9-12)20(18,19)10-11-5-2-1-3-6-11/h2-9H,10H2. The van der Waals surface area contributed by atoms with Crippen LogP contribution in [0.15, 0.2) is 53.4 Å². The Morgan fingerprint density at radius 2 is 1.70 bits per heavy atom. The van der Waals surface area contributed by atoms with Gasteiger partial charge in [-0.05, 0) is 29.8 Å². The first-order valence-electron chi connectivity index (χ1n) is 5.64. The summed E-state index contributed by atoms with van der Waals surface area (Å²) in [6.45, 7) is 0. The molecule has 2 aromatic carbocycles. The summed E-state index contributed by atoms with van der Waals surface area (Å²) >= 11 is 0. The van der Waals surface area contributed by atoms with Crippen molar-refractivity contribution in [1.29, 1.82) is 0 Å². The summed E-state index contributed by atoms with van der Waals surface area (Å²) in [4.78, 5) is -0.333. The van der Waals surface area contributed by atoms with Crippen LogP contribution >= 0.6 is 0 Å². The number of sulfone groups is 1. The Hall–Kier alpha value is -1.82. The number of rotatable bonds is 3. The zero-order chi connectivity index (χ0) is 14.8. The van der Waals surface area contributed by atoms with Crippen LogP contribution in [0.2, 0.25) is 0 Å². The van der Waals surface area contributed by atoms with E-state index in [1.807, 2.05) is 0 Å². The van der Waals surface area contributed by atoms with Crippen molar-refractivity contribution in [3.63, 3.8) is 0 Å². The van der Waals surface area contributed by atoms with Gasteiger partial charge in [0.15, 0.2) is 9.84 Å². The SMILES string of the molecule is O=S(=O)(Cc1cc[c]cc1)c1cccc(C(F)(F)F)c1. The van der Waals surface area contributed by atoms with E-state index in [1.165, 1.54) is 6.07 Å². The van der Waals surface area contributed by atoms with Gasteiger partial charge in [0.1, 0.15) is 0 Å². The lowest BCUT2D eigenvalue weighted by Crippen LogP contribution is -2.09. The highest BCUT2D eigenvalue weighted by molar-refractivity contribution is 7.90. The largest absolute Gasteiger partial charge is 0.416 e. The van der Waals surface area contributed by atoms with Crippen LogP contribution in [0.1, 0.15) is 11.1 Å². The molecule has 0 aliphatic rings. The topological polar surface area (TPSA) is 34.1 Å². The summed E-state index contributed by atoms with van der Waals surface area (Å²) in [5, 5.41) is 0. The van der Waals surface area contributed by atoms with Gasteiger partial charge in [0, 0.05) is 0 Å². The molecule has 0 atom stereocenters. The highest BCUT2D eigenvalue weighted by Gasteiger charge is 2.31. The maximum absolute atomic E-state index is 12.6. The van der Waals surface area contributed by atoms with E-state index in [0.717, 1.165) is 12.1 Å². The second-order valence-electron chi connectivity index (χ2n) is 4.19. The number of benzene rings is 2. The van der Waals surface area contributed by atoms with Crippen molar-refractivity contribution in [2.24, 2.45) is 0 Å². The van der Waals surface area contributed by atoms with Crippen LogP contribution in [0, 0.1) is 6.07 Å². The first kappa shape index (κ1) is 14.6. The fraction of sp³-hybridized carbons (Fsp3) is 0.143. The van der Waals surface area contributed by atoms with E-state index in [2.05, 4.69) is 6.07 Å². The molecule has 0 saturated carbocycles. The fourth-order valence-electron chi connectivity index (χ4n) is 1.69. The van der Waals surface area contributed by atoms with Crippen molar-refractivity contribution in [2.45, 2.75) is 16.8 Å². The fourth-order valence-corrected chi connectivity index (χ4v) is 3.08. The number of alkyl halides is 3. The Balaban J connectivity index is 2.35. The zero-order valence-corrected chi connectivity index (χ0v) is 11.0. The van der Waals surface area contributed by atoms with Crippen LogP contribution in [-0.4, -0.2) is 8.42 Å². The van der Waals surface area contributed by atoms with Crippen LogP contribution in [-0.2, 0) is 21.8 Å². The van der Waals surface area contributed by atoms with Gasteiger partial charge in [0.25, 0.3) is 0 Å². The normalized spacial score (nSPS) is 12.3. The lowest BCUT2D eigenvalue weighted by molar-refractivity contribution is -0.137. The average Bonchev–Trinajstić information content (AvgIpc) is 2.38. The van der Waals surface area contributed by atoms with E-state index < -0.39 is 21.6 Å². The third-order valence-electron chi connectivity index (χ3n) is 2.66. The number of hydrogen-bond donors (Lipinski definition) is 0. The highest BCUT2D eigenvalue weighted by atomic mass is 32.2. The van der Waals surface area contributed by atoms with E-state index in [-0.39, 0.29) is 10.6 Å². The molecule has 6 heteroatoms. The molecule has 0 heterocycles. The smallest absolute Gasteiger partial charge is 0.223 e. The molecule has 1 radical (unpaired) electrons. The Morgan fingerprint density at radius 1 is 1.05 bits per heavy atom. The molecule has 20 heavy (non-hydrogen) atoms. The number of halogens is 3. The first-order valence-corrected chi connectivity index (χ1v) is 7.29. The molecule has 0 aliphatic carbocycles. The zero-order valence-electron chi connectivity index (χ0n) is 10.2. The number of hydrogen-bond acceptors (Lipinski definition) is 2. The summed E-state index contributed by atoms with van der Waals surface area (Å²) in [6, 6.07) is 12.7. The van der Waals surface area contributed by atoms with Crippen molar-refractivity contribution >= 4 is 9.84 Å². The van der Waals surface area contributed by atoms with E-state index in [0.29, 0.717) is 11.6 Å². The van der Waals surface area contributed by atoms with Gasteiger partial charge >= 0.3 is 6.18 Å². The van der Waals surface area contributed by atoms with Gasteiger partial charge in [-0.15, -0.1) is 0 Å². The van der Waals surface area contributed by atoms with Crippen molar-refractivity contribution in [3.8, 4) is 0 Å². The van der Waals surface area contributed by atoms with Crippen molar-refractivity contribution in [2.75, 3.05) is 0 Å². The molecule has 105 valence electrons. The summed E-state index contributed by atoms with van der Waals surface area (Å²) in [7, 11) is -3.81. The van der Waals surface area contributed by atoms with Crippen LogP contribution < -0.4 is 0 Å². The third kappa shape index (κ3) is 3.39. The Labute approximate surface area is 114 Å². The van der Waals surface area contributed by atoms with E-state index >= 15 is 0 Å². The Kier molecular flexibility index (Phi) is 3.85. The Morgan fingerprint density at radius 3 is 2.30 bits per heavy atom. The average molecular weight is 299 g/mol. The maximum Gasteiger partial charge on any atom is 0.416 e. The molecule has 0 fully saturated rings. The second kappa shape index (κ2) is 5.28. The minimum atomic E-state index is -4.56. The van der Waals surface area contributed by atoms with Crippen molar-refractivity contribution in [3.05, 3.63) is 65.7 Å². The van der Waals surface area contributed by atoms with Gasteiger partial charge in [0.2, 0.25) is 0 Å². The molecule has 0 saturated heterocycles. The molecule has 0 N–H and O–H groups in total. The van der Waals surface area contributed by atoms with Crippen LogP contribution in [0.4, 0.5) is 13.2 Å². The van der Waals surface area contributed by atoms with Gasteiger partial charge in [0.05, 0.1) is 16.2 Å². The van der Waals surface area contributed by atoms with Crippen molar-refractivity contribution < 1.29 is 21.6 Å². The molecule has 0 aromatic heterocycles. The molecule has 2 aromatic rings. The van der Waals surface area contributed by atoms with Crippen LogP contribution in [0.25, 0.3) is 0 Å². The summed E-state index contributed by atoms with van der Waals surface area (Å²) in [5.41, 5.74) is -0.471. The van der Waals surface area contributed by atoms with E-state index in [1.54, 1.807) is 24.3 Å². The summed E-state index contributed by atoms with van der Waals surface area (Å²) in [6.07, 6.45) is -4.56. The van der Waals surface area contributed by atoms with Gasteiger partial charge < -0.3 is 0 Å². The van der Waals surface area contributed by atoms with Gasteiger partial charge in [-0.2, -0.15) is 13.2 Å². The lowest BCUT2D eigenvalue weighted by Gasteiger charge is -2.09. The molecule has 0 bridgehead atoms. The molecule has 0 amide bonds. The summed E-state index contributed by atoms with van der Waals surface area (Å²) < 4.78 is 62.0. The maximum atomic E-state index is 12.6. The van der Waals surface area contributed by atoms with Crippen LogP contribution in [0.5, 0.6) is 0 Å². The monoisotopic (exact) mass is 299 g/mol. The second-order valence-corrected chi connectivity index (χ2v) is 6.18. The Bertz CT molecular complexity index is 692. The van der Waals surface area contributed by atoms with Crippen molar-refractivity contribution in [1.82, 2.24) is 0 Å². The highest BCUT2D eigenvalue weighted by Crippen LogP contribution is 2.31. The predicted molar refractivity (Wildman–Crippen MR) is 67.6 cm³/mol. The third-order valence-corrected chi connectivity index (χ3v) is 4.35. The van der Waals surface area contributed by atoms with Crippen LogP contribution in [0.3, 0.4) is 0 Å². The quantitative estimate of drug-likeness (QED) is 0.869. The first-order chi connectivity index (χ1) is 9.29. The molecular formula is C14H10F3O2S. The minimum Gasteiger partial charge on any atom is -0.223 e. The van der Waals surface area contributed by atoms with E-state index in [4.69, 9.17) is 0 Å². The minimum absolute atomic E-state index is 0.333. The molecular weight excluding hydrogens is 289 g/mol. The lowest BCUT2D eigenvalue weighted by atomic mass is 10.2. The molecule has 0 spiro atoms. The van der Waals surface area contributed by atoms with Gasteiger partial charge in [-0.1, -0.05) is 30.3 Å². The van der Waals surface area contributed by atoms with Gasteiger partial charge in [-0.3, -0.25) is 0 Å². The van der Waals surface area contributed by atoms with Gasteiger partial charge in [-0.25, -0.2) is 8.42 Å². The predicted octanol–water partition coefficient (Wildman–Crippen LogP) is 3.48. The molecule has 0 unspecified atom stereocenters. The summed E-state index contributed by atoms with van der Waals surface area (Å²) in [5.74, 6) is -0.344. The molecule has 2 nitrogen and oxygen atoms in total.